The van der Waals surface area contributed by atoms with Crippen LogP contribution in [0.4, 0.5) is 0 Å². The maximum Gasteiger partial charge on any atom is 3.00 e. The zero-order valence-corrected chi connectivity index (χ0v) is 34.8. The molecule has 0 fully saturated rings. The quantitative estimate of drug-likeness (QED) is 0.0398. The number of unbranched alkanes of at least 4 members (excludes halogenated alkanes) is 21. The topological polar surface area (TPSA) is 120 Å². The Kier molecular flexibility index (Phi) is 50.0. The molecule has 46 heavy (non-hydrogen) atoms. The van der Waals surface area contributed by atoms with Crippen molar-refractivity contribution in [1.82, 2.24) is 0 Å². The molecule has 0 aromatic rings. The molecule has 0 bridgehead atoms. The second-order valence-electron chi connectivity index (χ2n) is 12.3. The summed E-state index contributed by atoms with van der Waals surface area (Å²) in [5.74, 6) is -3.12. The van der Waals surface area contributed by atoms with Crippen LogP contribution in [0.1, 0.15) is 194 Å². The van der Waals surface area contributed by atoms with Crippen LogP contribution >= 0.6 is 37.9 Å². The summed E-state index contributed by atoms with van der Waals surface area (Å²) in [4.78, 5) is 31.0. The molecule has 0 aliphatic rings. The summed E-state index contributed by atoms with van der Waals surface area (Å²) in [6.45, 7) is 6.65. The smallest absolute Gasteiger partial charge is 0.549 e. The van der Waals surface area contributed by atoms with Gasteiger partial charge in [-0.25, -0.2) is 0 Å². The van der Waals surface area contributed by atoms with Crippen LogP contribution in [-0.2, 0) is 14.4 Å². The van der Waals surface area contributed by atoms with Crippen LogP contribution in [0.2, 0.25) is 0 Å². The van der Waals surface area contributed by atoms with Crippen molar-refractivity contribution in [3.63, 3.8) is 0 Å². The van der Waals surface area contributed by atoms with Crippen LogP contribution in [0.15, 0.2) is 0 Å². The molecular formula is C36H69O6S3Sb. The van der Waals surface area contributed by atoms with Gasteiger partial charge in [0.15, 0.2) is 0 Å². The van der Waals surface area contributed by atoms with E-state index in [1.54, 1.807) is 0 Å². The Bertz CT molecular complexity index is 572. The van der Waals surface area contributed by atoms with Crippen LogP contribution in [0, 0.1) is 0 Å². The van der Waals surface area contributed by atoms with Gasteiger partial charge in [-0.3, -0.25) is 0 Å². The largest absolute Gasteiger partial charge is 3.00 e. The van der Waals surface area contributed by atoms with E-state index in [1.807, 2.05) is 0 Å². The Morgan fingerprint density at radius 3 is 0.674 bits per heavy atom. The number of carbonyl (C=O) groups excluding carboxylic acids is 3. The average Bonchev–Trinajstić information content (AvgIpc) is 3.01. The first kappa shape index (κ1) is 53.1. The van der Waals surface area contributed by atoms with Crippen LogP contribution in [0.3, 0.4) is 0 Å². The van der Waals surface area contributed by atoms with Gasteiger partial charge in [0.1, 0.15) is 0 Å². The van der Waals surface area contributed by atoms with Crippen molar-refractivity contribution < 1.29 is 29.7 Å². The first-order chi connectivity index (χ1) is 21.5. The van der Waals surface area contributed by atoms with Crippen molar-refractivity contribution in [2.45, 2.75) is 210 Å². The zero-order valence-electron chi connectivity index (χ0n) is 29.6. The van der Waals surface area contributed by atoms with E-state index in [1.165, 1.54) is 116 Å². The van der Waals surface area contributed by atoms with Crippen molar-refractivity contribution in [2.24, 2.45) is 0 Å². The first-order valence-corrected chi connectivity index (χ1v) is 19.8. The fraction of sp³-hybridized carbons (Fsp3) is 0.917. The number of carboxylic acid groups (broad SMARTS) is 3. The number of carboxylic acids is 3. The van der Waals surface area contributed by atoms with Crippen LogP contribution < -0.4 is 15.3 Å². The molecular weight excluding hydrogens is 746 g/mol. The predicted molar refractivity (Wildman–Crippen MR) is 201 cm³/mol. The molecule has 0 amide bonds. The molecule has 0 spiro atoms. The number of thiol groups is 3. The molecule has 10 heteroatoms. The third kappa shape index (κ3) is 46.4. The van der Waals surface area contributed by atoms with E-state index in [0.717, 1.165) is 38.5 Å². The molecule has 0 aromatic carbocycles. The Morgan fingerprint density at radius 1 is 0.370 bits per heavy atom. The number of aliphatic carboxylic acids is 3. The molecule has 0 N–H and O–H groups in total. The molecule has 0 aliphatic heterocycles. The van der Waals surface area contributed by atoms with E-state index in [-0.39, 0.29) is 24.4 Å². The van der Waals surface area contributed by atoms with Gasteiger partial charge in [0.2, 0.25) is 0 Å². The van der Waals surface area contributed by atoms with E-state index in [0.29, 0.717) is 19.3 Å². The standard InChI is InChI=1S/3C12H24O2S.Sb/c3*1-2-3-4-5-6-7-8-9-10-11(15)12(13)14;/h3*11,15H,2-10H2,1H3,(H,13,14);/q;;;+3/p-3. The van der Waals surface area contributed by atoms with E-state index in [4.69, 9.17) is 0 Å². The molecule has 0 aliphatic carbocycles. The Morgan fingerprint density at radius 2 is 0.522 bits per heavy atom. The molecule has 272 valence electrons. The second-order valence-corrected chi connectivity index (χ2v) is 14.2. The third-order valence-electron chi connectivity index (χ3n) is 7.81. The summed E-state index contributed by atoms with van der Waals surface area (Å²) >= 11 is 11.8. The van der Waals surface area contributed by atoms with Crippen molar-refractivity contribution in [3.8, 4) is 0 Å². The first-order valence-electron chi connectivity index (χ1n) is 18.2. The van der Waals surface area contributed by atoms with Crippen LogP contribution in [0.25, 0.3) is 0 Å². The Balaban J connectivity index is -0.000000285. The van der Waals surface area contributed by atoms with Gasteiger partial charge in [-0.15, -0.1) is 0 Å². The van der Waals surface area contributed by atoms with Crippen molar-refractivity contribution in [2.75, 3.05) is 0 Å². The third-order valence-corrected chi connectivity index (χ3v) is 9.22. The summed E-state index contributed by atoms with van der Waals surface area (Å²) in [6, 6.07) is 0. The molecule has 3 atom stereocenters. The molecule has 0 rings (SSSR count). The number of rotatable bonds is 30. The van der Waals surface area contributed by atoms with Gasteiger partial charge in [-0.2, -0.15) is 37.9 Å². The fourth-order valence-corrected chi connectivity index (χ4v) is 5.32. The molecule has 2 radical (unpaired) electrons. The van der Waals surface area contributed by atoms with Gasteiger partial charge in [0.25, 0.3) is 0 Å². The Hall–Kier alpha value is 0.278. The van der Waals surface area contributed by atoms with E-state index < -0.39 is 33.7 Å². The van der Waals surface area contributed by atoms with Crippen LogP contribution in [0.5, 0.6) is 0 Å². The fourth-order valence-electron chi connectivity index (χ4n) is 4.77. The molecule has 0 saturated carbocycles. The van der Waals surface area contributed by atoms with Gasteiger partial charge >= 0.3 is 24.4 Å². The second kappa shape index (κ2) is 43.3. The molecule has 6 nitrogen and oxygen atoms in total. The molecule has 0 aromatic heterocycles. The van der Waals surface area contributed by atoms with Gasteiger partial charge in [0, 0.05) is 15.7 Å². The SMILES string of the molecule is CCCCCCCCCCC(S)C(=O)[O-].CCCCCCCCCCC(S)C(=O)[O-].CCCCCCCCCCC(S)C(=O)[O-].[Sb+3]. The summed E-state index contributed by atoms with van der Waals surface area (Å²) in [6.07, 6.45) is 31.5. The van der Waals surface area contributed by atoms with Crippen molar-refractivity contribution in [1.29, 1.82) is 0 Å². The number of carbonyl (C=O) groups is 3. The maximum atomic E-state index is 10.3. The predicted octanol–water partition coefficient (Wildman–Crippen LogP) is 7.32. The normalized spacial score (nSPS) is 12.4. The number of hydrogen-bond acceptors (Lipinski definition) is 9. The van der Waals surface area contributed by atoms with Crippen LogP contribution in [-0.4, -0.2) is 58.1 Å². The van der Waals surface area contributed by atoms with E-state index in [2.05, 4.69) is 58.7 Å². The number of hydrogen-bond donors (Lipinski definition) is 3. The summed E-state index contributed by atoms with van der Waals surface area (Å²) in [7, 11) is 0. The zero-order chi connectivity index (χ0) is 34.6. The average molecular weight is 816 g/mol. The summed E-state index contributed by atoms with van der Waals surface area (Å²) in [5, 5.41) is 29.3. The summed E-state index contributed by atoms with van der Waals surface area (Å²) in [5.41, 5.74) is 0. The molecule has 0 heterocycles. The minimum atomic E-state index is -1.04. The molecule has 3 unspecified atom stereocenters. The van der Waals surface area contributed by atoms with Gasteiger partial charge in [-0.1, -0.05) is 175 Å². The van der Waals surface area contributed by atoms with Gasteiger partial charge < -0.3 is 29.7 Å². The minimum absolute atomic E-state index is 0. The maximum absolute atomic E-state index is 10.3. The monoisotopic (exact) mass is 814 g/mol. The van der Waals surface area contributed by atoms with E-state index in [9.17, 15) is 29.7 Å². The Labute approximate surface area is 317 Å². The van der Waals surface area contributed by atoms with Crippen molar-refractivity contribution in [3.05, 3.63) is 0 Å². The van der Waals surface area contributed by atoms with Gasteiger partial charge in [-0.05, 0) is 19.3 Å². The van der Waals surface area contributed by atoms with E-state index >= 15 is 0 Å². The van der Waals surface area contributed by atoms with Gasteiger partial charge in [0.05, 0.1) is 17.9 Å². The van der Waals surface area contributed by atoms with Crippen molar-refractivity contribution >= 4 is 80.2 Å². The minimum Gasteiger partial charge on any atom is -0.549 e. The molecule has 0 saturated heterocycles. The summed E-state index contributed by atoms with van der Waals surface area (Å²) < 4.78 is 0.